The number of ketones is 1. The van der Waals surface area contributed by atoms with E-state index in [0.29, 0.717) is 24.7 Å². The molecular weight excluding hydrogens is 699 g/mol. The number of allylic oxidation sites excluding steroid dienone is 2. The van der Waals surface area contributed by atoms with Gasteiger partial charge in [-0.25, -0.2) is 0 Å². The van der Waals surface area contributed by atoms with E-state index >= 15 is 0 Å². The molecule has 42 heavy (non-hydrogen) atoms. The van der Waals surface area contributed by atoms with Gasteiger partial charge in [0.2, 0.25) is 0 Å². The number of aliphatic hydroxyl groups excluding tert-OH is 1. The molecule has 0 atom stereocenters. The van der Waals surface area contributed by atoms with E-state index in [0.717, 1.165) is 44.1 Å². The molecule has 223 valence electrons. The Morgan fingerprint density at radius 3 is 2.31 bits per heavy atom. The summed E-state index contributed by atoms with van der Waals surface area (Å²) in [6, 6.07) is 22.6. The first kappa shape index (κ1) is 33.2. The molecule has 0 fully saturated rings. The van der Waals surface area contributed by atoms with Gasteiger partial charge in [0.05, 0.1) is 11.3 Å². The summed E-state index contributed by atoms with van der Waals surface area (Å²) in [7, 11) is 0. The molecule has 5 heteroatoms. The Kier molecular flexibility index (Phi) is 10.9. The van der Waals surface area contributed by atoms with Crippen molar-refractivity contribution in [3.8, 4) is 11.3 Å². The van der Waals surface area contributed by atoms with Crippen molar-refractivity contribution in [1.82, 2.24) is 4.98 Å². The quantitative estimate of drug-likeness (QED) is 0.107. The van der Waals surface area contributed by atoms with Crippen molar-refractivity contribution in [1.29, 1.82) is 0 Å². The molecule has 0 saturated carbocycles. The van der Waals surface area contributed by atoms with Crippen LogP contribution in [-0.4, -0.2) is 15.9 Å². The molecule has 5 rings (SSSR count). The minimum absolute atomic E-state index is 0. The van der Waals surface area contributed by atoms with Crippen LogP contribution in [0.25, 0.3) is 44.0 Å². The summed E-state index contributed by atoms with van der Waals surface area (Å²) in [5.74, 6) is 0.979. The van der Waals surface area contributed by atoms with E-state index in [9.17, 15) is 9.90 Å². The average Bonchev–Trinajstić information content (AvgIpc) is 3.25. The first-order chi connectivity index (χ1) is 19.3. The standard InChI is InChI=1S/C26H22NO.C11H20O2.Ir/c1-16-13-21-20-7-5-6-8-23(20)28-25(21)22(14-16)24-19-10-9-18(26(2,3)4)15-17(19)11-12-27-24;1-8(2)5-10(12)7-11(13)6-9(3)4;/h5-13,15H,1-4H3;7-9,12H,5-6H2,1-4H3;/q-1;;/b;10-7-;. The predicted molar refractivity (Wildman–Crippen MR) is 171 cm³/mol. The Morgan fingerprint density at radius 2 is 1.64 bits per heavy atom. The van der Waals surface area contributed by atoms with Crippen molar-refractivity contribution >= 4 is 38.5 Å². The van der Waals surface area contributed by atoms with Gasteiger partial charge in [0, 0.05) is 50.6 Å². The molecule has 2 aromatic heterocycles. The molecular formula is C37H42IrNO3-. The van der Waals surface area contributed by atoms with Gasteiger partial charge in [-0.15, -0.1) is 17.7 Å². The van der Waals surface area contributed by atoms with E-state index in [4.69, 9.17) is 9.40 Å². The number of benzene rings is 3. The Hall–Kier alpha value is -3.27. The van der Waals surface area contributed by atoms with E-state index in [1.807, 2.05) is 52.1 Å². The van der Waals surface area contributed by atoms with E-state index in [1.165, 1.54) is 17.0 Å². The summed E-state index contributed by atoms with van der Waals surface area (Å²) in [4.78, 5) is 15.9. The minimum Gasteiger partial charge on any atom is -0.512 e. The van der Waals surface area contributed by atoms with E-state index < -0.39 is 0 Å². The fourth-order valence-electron chi connectivity index (χ4n) is 5.04. The number of rotatable bonds is 6. The van der Waals surface area contributed by atoms with Crippen LogP contribution in [0.3, 0.4) is 0 Å². The van der Waals surface area contributed by atoms with Gasteiger partial charge >= 0.3 is 0 Å². The summed E-state index contributed by atoms with van der Waals surface area (Å²) in [6.45, 7) is 16.8. The molecule has 0 bridgehead atoms. The summed E-state index contributed by atoms with van der Waals surface area (Å²) >= 11 is 0. The first-order valence-corrected chi connectivity index (χ1v) is 14.5. The third-order valence-electron chi connectivity index (χ3n) is 6.97. The Morgan fingerprint density at radius 1 is 0.952 bits per heavy atom. The average molecular weight is 741 g/mol. The largest absolute Gasteiger partial charge is 0.512 e. The van der Waals surface area contributed by atoms with Crippen LogP contribution in [0.4, 0.5) is 0 Å². The zero-order valence-corrected chi connectivity index (χ0v) is 28.4. The minimum atomic E-state index is 0. The second kappa shape index (κ2) is 13.8. The number of aromatic nitrogens is 1. The molecule has 0 spiro atoms. The zero-order valence-electron chi connectivity index (χ0n) is 26.0. The first-order valence-electron chi connectivity index (χ1n) is 14.5. The Bertz CT molecular complexity index is 1720. The van der Waals surface area contributed by atoms with Crippen molar-refractivity contribution in [2.45, 2.75) is 73.6 Å². The maximum Gasteiger partial charge on any atom is 0.159 e. The van der Waals surface area contributed by atoms with E-state index in [2.05, 4.69) is 70.2 Å². The maximum atomic E-state index is 11.2. The van der Waals surface area contributed by atoms with Crippen LogP contribution in [0.1, 0.15) is 72.4 Å². The van der Waals surface area contributed by atoms with Crippen LogP contribution in [0.2, 0.25) is 0 Å². The summed E-state index contributed by atoms with van der Waals surface area (Å²) in [5, 5.41) is 13.9. The van der Waals surface area contributed by atoms with Gasteiger partial charge in [-0.05, 0) is 51.4 Å². The van der Waals surface area contributed by atoms with Gasteiger partial charge in [-0.2, -0.15) is 0 Å². The molecule has 2 heterocycles. The Labute approximate surface area is 263 Å². The van der Waals surface area contributed by atoms with Crippen molar-refractivity contribution < 1.29 is 34.4 Å². The molecule has 0 unspecified atom stereocenters. The molecule has 0 aliphatic carbocycles. The number of fused-ring (bicyclic) bond motifs is 4. The smallest absolute Gasteiger partial charge is 0.159 e. The van der Waals surface area contributed by atoms with Crippen LogP contribution in [0, 0.1) is 24.8 Å². The molecule has 3 aromatic carbocycles. The van der Waals surface area contributed by atoms with Crippen molar-refractivity contribution in [2.75, 3.05) is 0 Å². The van der Waals surface area contributed by atoms with Crippen LogP contribution < -0.4 is 0 Å². The van der Waals surface area contributed by atoms with Crippen LogP contribution in [0.15, 0.2) is 77.0 Å². The predicted octanol–water partition coefficient (Wildman–Crippen LogP) is 10.3. The van der Waals surface area contributed by atoms with Crippen LogP contribution in [0.5, 0.6) is 0 Å². The number of para-hydroxylation sites is 1. The van der Waals surface area contributed by atoms with Gasteiger partial charge in [0.25, 0.3) is 0 Å². The molecule has 0 saturated heterocycles. The molecule has 0 aliphatic heterocycles. The summed E-state index contributed by atoms with van der Waals surface area (Å²) < 4.78 is 6.25. The summed E-state index contributed by atoms with van der Waals surface area (Å²) in [5.41, 5.74) is 6.11. The molecule has 1 radical (unpaired) electrons. The topological polar surface area (TPSA) is 63.3 Å². The van der Waals surface area contributed by atoms with Gasteiger partial charge in [0.1, 0.15) is 5.58 Å². The second-order valence-corrected chi connectivity index (χ2v) is 12.8. The number of carbonyl (C=O) groups is 1. The fourth-order valence-corrected chi connectivity index (χ4v) is 5.04. The maximum absolute atomic E-state index is 11.2. The van der Waals surface area contributed by atoms with Crippen molar-refractivity contribution in [3.63, 3.8) is 0 Å². The normalized spacial score (nSPS) is 12.1. The molecule has 4 nitrogen and oxygen atoms in total. The number of furan rings is 1. The molecule has 5 aromatic rings. The van der Waals surface area contributed by atoms with Gasteiger partial charge in [-0.3, -0.25) is 4.79 Å². The molecule has 1 N–H and O–H groups in total. The molecule has 0 aliphatic rings. The molecule has 0 amide bonds. The zero-order chi connectivity index (χ0) is 29.9. The number of hydrogen-bond donors (Lipinski definition) is 1. The third kappa shape index (κ3) is 7.96. The number of aryl methyl sites for hydroxylation is 1. The van der Waals surface area contributed by atoms with E-state index in [1.54, 1.807) is 0 Å². The van der Waals surface area contributed by atoms with Gasteiger partial charge in [0.15, 0.2) is 5.78 Å². The van der Waals surface area contributed by atoms with Crippen molar-refractivity contribution in [3.05, 3.63) is 89.8 Å². The van der Waals surface area contributed by atoms with Gasteiger partial charge in [-0.1, -0.05) is 103 Å². The monoisotopic (exact) mass is 741 g/mol. The van der Waals surface area contributed by atoms with E-state index in [-0.39, 0.29) is 37.1 Å². The second-order valence-electron chi connectivity index (χ2n) is 12.8. The number of carbonyl (C=O) groups excluding carboxylic acids is 1. The number of nitrogens with zero attached hydrogens (tertiary/aromatic N) is 1. The number of hydrogen-bond acceptors (Lipinski definition) is 4. The Balaban J connectivity index is 0.000000297. The SMILES string of the molecule is CC(C)CC(=O)/C=C(\O)CC(C)C.Cc1[c-]c(-c2nccc3cc(C(C)(C)C)ccc23)c2oc3ccccc3c2c1.[Ir]. The van der Waals surface area contributed by atoms with Crippen molar-refractivity contribution in [2.24, 2.45) is 11.8 Å². The summed E-state index contributed by atoms with van der Waals surface area (Å²) in [6.07, 6.45) is 4.35. The third-order valence-corrected chi connectivity index (χ3v) is 6.97. The van der Waals surface area contributed by atoms with Crippen LogP contribution >= 0.6 is 0 Å². The van der Waals surface area contributed by atoms with Gasteiger partial charge < -0.3 is 14.5 Å². The van der Waals surface area contributed by atoms with Crippen LogP contribution in [-0.2, 0) is 30.3 Å². The fraction of sp³-hybridized carbons (Fsp3) is 0.351. The number of pyridine rings is 1. The number of aliphatic hydroxyl groups is 1.